The molecule has 4 aromatic rings. The standard InChI is InChI=1S/C23H21ClN6O3S/c1-15-19-12-20(34-23(19)29(26-15)14-16-2-4-17(24)5-3-16)22(31)28-10-8-27(9-11-28)21-7-6-18(13-25-21)30(32)33/h2-7,12-13H,8-11,14H2,1H3. The molecule has 0 unspecified atom stereocenters. The summed E-state index contributed by atoms with van der Waals surface area (Å²) in [5, 5.41) is 17.2. The van der Waals surface area contributed by atoms with Crippen LogP contribution in [0.15, 0.2) is 48.7 Å². The van der Waals surface area contributed by atoms with Crippen LogP contribution in [0.4, 0.5) is 11.5 Å². The van der Waals surface area contributed by atoms with Gasteiger partial charge in [0.2, 0.25) is 0 Å². The molecule has 0 radical (unpaired) electrons. The summed E-state index contributed by atoms with van der Waals surface area (Å²) >= 11 is 7.46. The lowest BCUT2D eigenvalue weighted by atomic mass is 10.2. The van der Waals surface area contributed by atoms with Gasteiger partial charge in [0.05, 0.1) is 22.0 Å². The maximum absolute atomic E-state index is 13.2. The molecule has 1 amide bonds. The number of piperazine rings is 1. The van der Waals surface area contributed by atoms with Crippen LogP contribution in [0.3, 0.4) is 0 Å². The molecule has 0 bridgehead atoms. The molecule has 9 nitrogen and oxygen atoms in total. The molecule has 4 heterocycles. The van der Waals surface area contributed by atoms with Crippen molar-refractivity contribution in [2.45, 2.75) is 13.5 Å². The minimum absolute atomic E-state index is 0.00921. The van der Waals surface area contributed by atoms with Gasteiger partial charge in [0.1, 0.15) is 16.8 Å². The van der Waals surface area contributed by atoms with Crippen molar-refractivity contribution < 1.29 is 9.72 Å². The quantitative estimate of drug-likeness (QED) is 0.300. The number of anilines is 1. The molecule has 174 valence electrons. The molecule has 1 aromatic carbocycles. The topological polar surface area (TPSA) is 97.4 Å². The van der Waals surface area contributed by atoms with Crippen molar-refractivity contribution in [2.75, 3.05) is 31.1 Å². The van der Waals surface area contributed by atoms with Crippen LogP contribution < -0.4 is 4.90 Å². The van der Waals surface area contributed by atoms with Gasteiger partial charge in [0, 0.05) is 42.7 Å². The highest BCUT2D eigenvalue weighted by molar-refractivity contribution is 7.20. The highest BCUT2D eigenvalue weighted by atomic mass is 35.5. The smallest absolute Gasteiger partial charge is 0.287 e. The van der Waals surface area contributed by atoms with Crippen molar-refractivity contribution in [1.82, 2.24) is 19.7 Å². The monoisotopic (exact) mass is 496 g/mol. The maximum Gasteiger partial charge on any atom is 0.287 e. The second-order valence-corrected chi connectivity index (χ2v) is 9.58. The molecule has 5 rings (SSSR count). The Hall–Kier alpha value is -3.50. The number of carbonyl (C=O) groups is 1. The Morgan fingerprint density at radius 1 is 1.15 bits per heavy atom. The molecular weight excluding hydrogens is 476 g/mol. The molecule has 1 aliphatic heterocycles. The summed E-state index contributed by atoms with van der Waals surface area (Å²) in [6, 6.07) is 12.7. The molecule has 1 aliphatic rings. The molecule has 0 N–H and O–H groups in total. The zero-order chi connectivity index (χ0) is 23.8. The average Bonchev–Trinajstić information content (AvgIpc) is 3.41. The van der Waals surface area contributed by atoms with E-state index in [2.05, 4.69) is 10.1 Å². The Morgan fingerprint density at radius 3 is 2.53 bits per heavy atom. The van der Waals surface area contributed by atoms with Crippen molar-refractivity contribution in [2.24, 2.45) is 0 Å². The fraction of sp³-hybridized carbons (Fsp3) is 0.261. The van der Waals surface area contributed by atoms with E-state index in [4.69, 9.17) is 11.6 Å². The summed E-state index contributed by atoms with van der Waals surface area (Å²) in [6.45, 7) is 4.91. The van der Waals surface area contributed by atoms with Crippen LogP contribution in [-0.2, 0) is 6.54 Å². The molecule has 0 aliphatic carbocycles. The first-order chi connectivity index (χ1) is 16.4. The number of nitrogens with zero attached hydrogens (tertiary/aromatic N) is 6. The molecule has 1 saturated heterocycles. The molecule has 11 heteroatoms. The number of rotatable bonds is 5. The van der Waals surface area contributed by atoms with Crippen LogP contribution >= 0.6 is 22.9 Å². The largest absolute Gasteiger partial charge is 0.353 e. The zero-order valence-electron chi connectivity index (χ0n) is 18.3. The Kier molecular flexibility index (Phi) is 5.93. The van der Waals surface area contributed by atoms with Crippen molar-refractivity contribution in [3.63, 3.8) is 0 Å². The second kappa shape index (κ2) is 9.03. The minimum atomic E-state index is -0.464. The zero-order valence-corrected chi connectivity index (χ0v) is 19.9. The highest BCUT2D eigenvalue weighted by Crippen LogP contribution is 2.30. The van der Waals surface area contributed by atoms with E-state index in [-0.39, 0.29) is 11.6 Å². The van der Waals surface area contributed by atoms with Crippen molar-refractivity contribution in [3.8, 4) is 0 Å². The van der Waals surface area contributed by atoms with E-state index >= 15 is 0 Å². The van der Waals surface area contributed by atoms with Gasteiger partial charge < -0.3 is 9.80 Å². The third-order valence-electron chi connectivity index (χ3n) is 5.90. The summed E-state index contributed by atoms with van der Waals surface area (Å²) in [6.07, 6.45) is 1.26. The first-order valence-corrected chi connectivity index (χ1v) is 11.9. The maximum atomic E-state index is 13.2. The molecule has 3 aromatic heterocycles. The van der Waals surface area contributed by atoms with E-state index in [9.17, 15) is 14.9 Å². The van der Waals surface area contributed by atoms with Crippen molar-refractivity contribution in [1.29, 1.82) is 0 Å². The van der Waals surface area contributed by atoms with Crippen LogP contribution in [0.25, 0.3) is 10.2 Å². The van der Waals surface area contributed by atoms with Gasteiger partial charge >= 0.3 is 0 Å². The van der Waals surface area contributed by atoms with Gasteiger partial charge in [-0.05, 0) is 36.8 Å². The van der Waals surface area contributed by atoms with Crippen molar-refractivity contribution in [3.05, 3.63) is 79.9 Å². The fourth-order valence-corrected chi connectivity index (χ4v) is 5.31. The Balaban J connectivity index is 1.28. The van der Waals surface area contributed by atoms with Crippen LogP contribution in [0.5, 0.6) is 0 Å². The van der Waals surface area contributed by atoms with E-state index in [0.29, 0.717) is 48.4 Å². The number of hydrogen-bond donors (Lipinski definition) is 0. The summed E-state index contributed by atoms with van der Waals surface area (Å²) in [4.78, 5) is 33.3. The number of halogens is 1. The van der Waals surface area contributed by atoms with E-state index in [1.807, 2.05) is 51.7 Å². The summed E-state index contributed by atoms with van der Waals surface area (Å²) in [5.74, 6) is 0.687. The minimum Gasteiger partial charge on any atom is -0.353 e. The van der Waals surface area contributed by atoms with Crippen LogP contribution in [-0.4, -0.2) is 56.7 Å². The van der Waals surface area contributed by atoms with Crippen LogP contribution in [0, 0.1) is 17.0 Å². The molecule has 0 saturated carbocycles. The molecular formula is C23H21ClN6O3S. The van der Waals surface area contributed by atoms with E-state index in [1.54, 1.807) is 6.07 Å². The average molecular weight is 497 g/mol. The van der Waals surface area contributed by atoms with Gasteiger partial charge in [0.15, 0.2) is 0 Å². The summed E-state index contributed by atoms with van der Waals surface area (Å²) < 4.78 is 1.94. The van der Waals surface area contributed by atoms with Gasteiger partial charge in [-0.15, -0.1) is 11.3 Å². The van der Waals surface area contributed by atoms with E-state index in [0.717, 1.165) is 21.5 Å². The van der Waals surface area contributed by atoms with E-state index in [1.165, 1.54) is 23.6 Å². The van der Waals surface area contributed by atoms with Crippen molar-refractivity contribution >= 4 is 50.6 Å². The first kappa shape index (κ1) is 22.3. The lowest BCUT2D eigenvalue weighted by Gasteiger charge is -2.35. The van der Waals surface area contributed by atoms with Gasteiger partial charge in [0.25, 0.3) is 11.6 Å². The number of pyridine rings is 1. The number of amides is 1. The highest BCUT2D eigenvalue weighted by Gasteiger charge is 2.25. The number of fused-ring (bicyclic) bond motifs is 1. The number of benzene rings is 1. The predicted octanol–water partition coefficient (Wildman–Crippen LogP) is 4.37. The number of nitro groups is 1. The van der Waals surface area contributed by atoms with Gasteiger partial charge in [-0.1, -0.05) is 23.7 Å². The van der Waals surface area contributed by atoms with Crippen LogP contribution in [0.1, 0.15) is 20.9 Å². The first-order valence-electron chi connectivity index (χ1n) is 10.7. The number of hydrogen-bond acceptors (Lipinski definition) is 7. The molecule has 0 spiro atoms. The number of carbonyl (C=O) groups excluding carboxylic acids is 1. The second-order valence-electron chi connectivity index (χ2n) is 8.11. The summed E-state index contributed by atoms with van der Waals surface area (Å²) in [7, 11) is 0. The predicted molar refractivity (Wildman–Crippen MR) is 132 cm³/mol. The van der Waals surface area contributed by atoms with Gasteiger partial charge in [-0.3, -0.25) is 19.6 Å². The Morgan fingerprint density at radius 2 is 1.88 bits per heavy atom. The van der Waals surface area contributed by atoms with E-state index < -0.39 is 4.92 Å². The Bertz CT molecular complexity index is 1360. The van der Waals surface area contributed by atoms with Crippen LogP contribution in [0.2, 0.25) is 5.02 Å². The fourth-order valence-electron chi connectivity index (χ4n) is 4.06. The summed E-state index contributed by atoms with van der Waals surface area (Å²) in [5.41, 5.74) is 1.95. The lowest BCUT2D eigenvalue weighted by Crippen LogP contribution is -2.48. The van der Waals surface area contributed by atoms with Gasteiger partial charge in [-0.25, -0.2) is 4.98 Å². The number of aryl methyl sites for hydroxylation is 1. The number of aromatic nitrogens is 3. The third kappa shape index (κ3) is 4.34. The molecule has 1 fully saturated rings. The number of thiophene rings is 1. The third-order valence-corrected chi connectivity index (χ3v) is 7.29. The normalized spacial score (nSPS) is 14.1. The Labute approximate surface area is 204 Å². The van der Waals surface area contributed by atoms with Gasteiger partial charge in [-0.2, -0.15) is 5.10 Å². The molecule has 0 atom stereocenters. The lowest BCUT2D eigenvalue weighted by molar-refractivity contribution is -0.385. The SMILES string of the molecule is Cc1nn(Cc2ccc(Cl)cc2)c2sc(C(=O)N3CCN(c4ccc([N+](=O)[O-])cn4)CC3)cc12. The molecule has 34 heavy (non-hydrogen) atoms.